The Hall–Kier alpha value is -3.18. The highest BCUT2D eigenvalue weighted by atomic mass is 32.2. The molecule has 1 atom stereocenters. The highest BCUT2D eigenvalue weighted by molar-refractivity contribution is 7.89. The number of ether oxygens (including phenoxy) is 3. The molecule has 0 fully saturated rings. The summed E-state index contributed by atoms with van der Waals surface area (Å²) in [6.45, 7) is -0.184. The van der Waals surface area contributed by atoms with E-state index >= 15 is 0 Å². The van der Waals surface area contributed by atoms with Crippen LogP contribution >= 0.6 is 0 Å². The number of carbonyl (C=O) groups is 2. The van der Waals surface area contributed by atoms with Gasteiger partial charge in [-0.1, -0.05) is 12.1 Å². The number of benzene rings is 2. The maximum Gasteiger partial charge on any atom is 0.307 e. The molecule has 0 aliphatic rings. The molecule has 9 nitrogen and oxygen atoms in total. The van der Waals surface area contributed by atoms with Crippen LogP contribution in [0.15, 0.2) is 47.4 Å². The first-order valence-corrected chi connectivity index (χ1v) is 11.0. The van der Waals surface area contributed by atoms with Crippen LogP contribution in [0.3, 0.4) is 0 Å². The van der Waals surface area contributed by atoms with E-state index in [1.807, 2.05) is 0 Å². The van der Waals surface area contributed by atoms with Crippen LogP contribution in [0, 0.1) is 5.82 Å². The van der Waals surface area contributed by atoms with Crippen molar-refractivity contribution in [2.75, 3.05) is 27.9 Å². The summed E-state index contributed by atoms with van der Waals surface area (Å²) in [4.78, 5) is 24.0. The van der Waals surface area contributed by atoms with Gasteiger partial charge < -0.3 is 19.5 Å². The van der Waals surface area contributed by atoms with E-state index in [2.05, 4.69) is 14.8 Å². The lowest BCUT2D eigenvalue weighted by Crippen LogP contribution is -2.34. The third kappa shape index (κ3) is 6.92. The third-order valence-corrected chi connectivity index (χ3v) is 5.97. The molecule has 174 valence electrons. The molecule has 11 heteroatoms. The second-order valence-corrected chi connectivity index (χ2v) is 8.38. The number of nitrogens with one attached hydrogen (secondary N) is 2. The molecular formula is C21H25FN2O7S. The summed E-state index contributed by atoms with van der Waals surface area (Å²) in [6.07, 6.45) is -0.351. The first-order chi connectivity index (χ1) is 15.2. The molecule has 0 saturated heterocycles. The van der Waals surface area contributed by atoms with Gasteiger partial charge in [-0.25, -0.2) is 17.5 Å². The molecule has 1 amide bonds. The predicted molar refractivity (Wildman–Crippen MR) is 113 cm³/mol. The Morgan fingerprint density at radius 3 is 2.25 bits per heavy atom. The van der Waals surface area contributed by atoms with Crippen LogP contribution in [0.25, 0.3) is 0 Å². The molecule has 0 bridgehead atoms. The molecule has 32 heavy (non-hydrogen) atoms. The Bertz CT molecular complexity index is 1040. The highest BCUT2D eigenvalue weighted by Gasteiger charge is 2.21. The summed E-state index contributed by atoms with van der Waals surface area (Å²) in [6, 6.07) is 8.68. The Morgan fingerprint density at radius 1 is 1.00 bits per heavy atom. The zero-order chi connectivity index (χ0) is 23.7. The summed E-state index contributed by atoms with van der Waals surface area (Å²) in [7, 11) is 0.133. The van der Waals surface area contributed by atoms with E-state index in [1.165, 1.54) is 63.8 Å². The quantitative estimate of drug-likeness (QED) is 0.484. The normalized spacial score (nSPS) is 12.0. The van der Waals surface area contributed by atoms with Crippen molar-refractivity contribution in [3.05, 3.63) is 53.8 Å². The zero-order valence-electron chi connectivity index (χ0n) is 17.9. The van der Waals surface area contributed by atoms with Crippen molar-refractivity contribution in [2.45, 2.75) is 23.8 Å². The fourth-order valence-corrected chi connectivity index (χ4v) is 3.88. The lowest BCUT2D eigenvalue weighted by atomic mass is 10.0. The number of esters is 1. The fraction of sp³-hybridized carbons (Fsp3) is 0.333. The monoisotopic (exact) mass is 468 g/mol. The molecule has 2 aromatic carbocycles. The van der Waals surface area contributed by atoms with Crippen LogP contribution in [0.4, 0.5) is 4.39 Å². The minimum atomic E-state index is -3.90. The topological polar surface area (TPSA) is 120 Å². The number of rotatable bonds is 11. The van der Waals surface area contributed by atoms with E-state index in [0.717, 1.165) is 0 Å². The fourth-order valence-electron chi connectivity index (χ4n) is 2.83. The molecule has 0 radical (unpaired) electrons. The number of hydrogen-bond donors (Lipinski definition) is 2. The lowest BCUT2D eigenvalue weighted by molar-refractivity contribution is -0.141. The second-order valence-electron chi connectivity index (χ2n) is 6.62. The van der Waals surface area contributed by atoms with Crippen LogP contribution in [-0.2, 0) is 24.3 Å². The van der Waals surface area contributed by atoms with Gasteiger partial charge in [0.05, 0.1) is 38.7 Å². The van der Waals surface area contributed by atoms with Crippen molar-refractivity contribution in [1.82, 2.24) is 10.0 Å². The van der Waals surface area contributed by atoms with Crippen LogP contribution in [0.2, 0.25) is 0 Å². The molecule has 0 heterocycles. The Morgan fingerprint density at radius 2 is 1.66 bits per heavy atom. The largest absolute Gasteiger partial charge is 0.493 e. The SMILES string of the molecule is COC(=O)CC(NC(=O)CCNS(=O)(=O)c1ccc(OC)c(OC)c1)c1ccc(F)cc1. The Kier molecular flexibility index (Phi) is 8.97. The molecule has 2 aromatic rings. The number of carbonyl (C=O) groups excluding carboxylic acids is 2. The number of methoxy groups -OCH3 is 3. The molecule has 1 unspecified atom stereocenters. The van der Waals surface area contributed by atoms with Gasteiger partial charge in [0.15, 0.2) is 11.5 Å². The van der Waals surface area contributed by atoms with Gasteiger partial charge in [-0.2, -0.15) is 0 Å². The summed E-state index contributed by atoms with van der Waals surface area (Å²) in [5.41, 5.74) is 0.510. The molecule has 2 rings (SSSR count). The molecule has 0 aliphatic carbocycles. The average molecular weight is 469 g/mol. The highest BCUT2D eigenvalue weighted by Crippen LogP contribution is 2.29. The second kappa shape index (κ2) is 11.4. The van der Waals surface area contributed by atoms with Crippen molar-refractivity contribution in [2.24, 2.45) is 0 Å². The van der Waals surface area contributed by atoms with E-state index in [0.29, 0.717) is 11.3 Å². The summed E-state index contributed by atoms with van der Waals surface area (Å²) in [5, 5.41) is 2.64. The maximum absolute atomic E-state index is 13.2. The van der Waals surface area contributed by atoms with Gasteiger partial charge in [0.1, 0.15) is 5.82 Å². The molecular weight excluding hydrogens is 443 g/mol. The Labute approximate surface area is 185 Å². The van der Waals surface area contributed by atoms with Crippen molar-refractivity contribution < 1.29 is 36.6 Å². The van der Waals surface area contributed by atoms with Gasteiger partial charge in [-0.05, 0) is 29.8 Å². The summed E-state index contributed by atoms with van der Waals surface area (Å²) >= 11 is 0. The van der Waals surface area contributed by atoms with Gasteiger partial charge in [0.25, 0.3) is 0 Å². The van der Waals surface area contributed by atoms with E-state index in [4.69, 9.17) is 9.47 Å². The van der Waals surface area contributed by atoms with E-state index in [-0.39, 0.29) is 30.0 Å². The van der Waals surface area contributed by atoms with Crippen molar-refractivity contribution in [3.63, 3.8) is 0 Å². The number of hydrogen-bond acceptors (Lipinski definition) is 7. The van der Waals surface area contributed by atoms with Gasteiger partial charge in [-0.15, -0.1) is 0 Å². The predicted octanol–water partition coefficient (Wildman–Crippen LogP) is 1.93. The summed E-state index contributed by atoms with van der Waals surface area (Å²) < 4.78 is 55.4. The molecule has 0 saturated carbocycles. The minimum absolute atomic E-state index is 0.0505. The molecule has 0 aromatic heterocycles. The van der Waals surface area contributed by atoms with E-state index < -0.39 is 33.8 Å². The lowest BCUT2D eigenvalue weighted by Gasteiger charge is -2.18. The van der Waals surface area contributed by atoms with Crippen molar-refractivity contribution >= 4 is 21.9 Å². The number of amides is 1. The van der Waals surface area contributed by atoms with Crippen LogP contribution in [-0.4, -0.2) is 48.2 Å². The van der Waals surface area contributed by atoms with Gasteiger partial charge in [-0.3, -0.25) is 9.59 Å². The minimum Gasteiger partial charge on any atom is -0.493 e. The molecule has 0 aliphatic heterocycles. The van der Waals surface area contributed by atoms with Crippen molar-refractivity contribution in [3.8, 4) is 11.5 Å². The Balaban J connectivity index is 2.00. The average Bonchev–Trinajstić information content (AvgIpc) is 2.78. The van der Waals surface area contributed by atoms with Gasteiger partial charge >= 0.3 is 5.97 Å². The molecule has 0 spiro atoms. The number of sulfonamides is 1. The first kappa shape index (κ1) is 25.1. The standard InChI is InChI=1S/C21H25FN2O7S/c1-29-18-9-8-16(12-19(18)30-2)32(27,28)23-11-10-20(25)24-17(13-21(26)31-3)14-4-6-15(22)7-5-14/h4-9,12,17,23H,10-11,13H2,1-3H3,(H,24,25). The first-order valence-electron chi connectivity index (χ1n) is 9.53. The van der Waals surface area contributed by atoms with Crippen LogP contribution in [0.1, 0.15) is 24.4 Å². The number of halogens is 1. The van der Waals surface area contributed by atoms with Gasteiger partial charge in [0.2, 0.25) is 15.9 Å². The van der Waals surface area contributed by atoms with E-state index in [1.54, 1.807) is 0 Å². The van der Waals surface area contributed by atoms with E-state index in [9.17, 15) is 22.4 Å². The van der Waals surface area contributed by atoms with Crippen LogP contribution < -0.4 is 19.5 Å². The van der Waals surface area contributed by atoms with Crippen LogP contribution in [0.5, 0.6) is 11.5 Å². The van der Waals surface area contributed by atoms with Gasteiger partial charge in [0, 0.05) is 19.0 Å². The molecule has 2 N–H and O–H groups in total. The van der Waals surface area contributed by atoms with Crippen molar-refractivity contribution in [1.29, 1.82) is 0 Å². The third-order valence-electron chi connectivity index (χ3n) is 4.52. The maximum atomic E-state index is 13.2. The smallest absolute Gasteiger partial charge is 0.307 e. The zero-order valence-corrected chi connectivity index (χ0v) is 18.7. The summed E-state index contributed by atoms with van der Waals surface area (Å²) in [5.74, 6) is -0.894.